The molecule has 0 amide bonds. The third-order valence-corrected chi connectivity index (χ3v) is 2.60. The van der Waals surface area contributed by atoms with Crippen molar-refractivity contribution in [1.82, 2.24) is 9.97 Å². The zero-order chi connectivity index (χ0) is 9.80. The lowest BCUT2D eigenvalue weighted by molar-refractivity contribution is 0.305. The maximum absolute atomic E-state index is 8.58. The SMILES string of the molecule is OCCC#Cc1ncnc2ccsc12. The molecule has 0 saturated carbocycles. The van der Waals surface area contributed by atoms with Crippen molar-refractivity contribution in [3.05, 3.63) is 23.5 Å². The van der Waals surface area contributed by atoms with Crippen LogP contribution in [-0.2, 0) is 0 Å². The molecule has 14 heavy (non-hydrogen) atoms. The number of nitrogens with zero attached hydrogens (tertiary/aromatic N) is 2. The van der Waals surface area contributed by atoms with E-state index in [9.17, 15) is 0 Å². The zero-order valence-corrected chi connectivity index (χ0v) is 8.21. The van der Waals surface area contributed by atoms with Gasteiger partial charge in [-0.3, -0.25) is 0 Å². The second kappa shape index (κ2) is 4.18. The summed E-state index contributed by atoms with van der Waals surface area (Å²) in [6, 6.07) is 1.94. The lowest BCUT2D eigenvalue weighted by Crippen LogP contribution is -1.84. The predicted molar refractivity (Wildman–Crippen MR) is 56.0 cm³/mol. The highest BCUT2D eigenvalue weighted by Crippen LogP contribution is 2.20. The molecule has 70 valence electrons. The van der Waals surface area contributed by atoms with Gasteiger partial charge in [0, 0.05) is 6.42 Å². The Labute approximate surface area is 85.4 Å². The molecule has 0 aliphatic carbocycles. The van der Waals surface area contributed by atoms with Crippen molar-refractivity contribution in [3.63, 3.8) is 0 Å². The summed E-state index contributed by atoms with van der Waals surface area (Å²) < 4.78 is 1.01. The average molecular weight is 204 g/mol. The fraction of sp³-hybridized carbons (Fsp3) is 0.200. The molecule has 3 nitrogen and oxygen atoms in total. The van der Waals surface area contributed by atoms with Crippen LogP contribution in [0.25, 0.3) is 10.2 Å². The van der Waals surface area contributed by atoms with Gasteiger partial charge in [-0.15, -0.1) is 11.3 Å². The lowest BCUT2D eigenvalue weighted by atomic mass is 10.3. The first-order valence-corrected chi connectivity index (χ1v) is 5.07. The maximum Gasteiger partial charge on any atom is 0.134 e. The number of rotatable bonds is 1. The third kappa shape index (κ3) is 1.74. The van der Waals surface area contributed by atoms with E-state index in [4.69, 9.17) is 5.11 Å². The average Bonchev–Trinajstić information content (AvgIpc) is 2.67. The van der Waals surface area contributed by atoms with Crippen LogP contribution in [-0.4, -0.2) is 21.7 Å². The van der Waals surface area contributed by atoms with Crippen LogP contribution in [0.1, 0.15) is 12.1 Å². The van der Waals surface area contributed by atoms with Gasteiger partial charge in [0.1, 0.15) is 12.0 Å². The molecular weight excluding hydrogens is 196 g/mol. The van der Waals surface area contributed by atoms with Gasteiger partial charge in [-0.1, -0.05) is 5.92 Å². The van der Waals surface area contributed by atoms with E-state index >= 15 is 0 Å². The van der Waals surface area contributed by atoms with Crippen molar-refractivity contribution in [1.29, 1.82) is 0 Å². The minimum Gasteiger partial charge on any atom is -0.395 e. The van der Waals surface area contributed by atoms with Gasteiger partial charge in [0.2, 0.25) is 0 Å². The summed E-state index contributed by atoms with van der Waals surface area (Å²) in [5.41, 5.74) is 1.68. The highest BCUT2D eigenvalue weighted by molar-refractivity contribution is 7.17. The van der Waals surface area contributed by atoms with Crippen LogP contribution in [0.2, 0.25) is 0 Å². The van der Waals surface area contributed by atoms with Crippen LogP contribution >= 0.6 is 11.3 Å². The largest absolute Gasteiger partial charge is 0.395 e. The smallest absolute Gasteiger partial charge is 0.134 e. The molecule has 0 aliphatic rings. The summed E-state index contributed by atoms with van der Waals surface area (Å²) in [6.07, 6.45) is 1.99. The summed E-state index contributed by atoms with van der Waals surface area (Å²) in [5, 5.41) is 10.6. The van der Waals surface area contributed by atoms with Gasteiger partial charge in [-0.2, -0.15) is 0 Å². The molecule has 2 aromatic heterocycles. The maximum atomic E-state index is 8.58. The van der Waals surface area contributed by atoms with Crippen molar-refractivity contribution in [2.24, 2.45) is 0 Å². The van der Waals surface area contributed by atoms with Crippen LogP contribution in [0.5, 0.6) is 0 Å². The molecule has 2 rings (SSSR count). The minimum atomic E-state index is 0.0890. The lowest BCUT2D eigenvalue weighted by Gasteiger charge is -1.90. The second-order valence-corrected chi connectivity index (χ2v) is 3.55. The quantitative estimate of drug-likeness (QED) is 0.715. The molecular formula is C10H8N2OS. The Kier molecular flexibility index (Phi) is 2.73. The molecule has 0 spiro atoms. The van der Waals surface area contributed by atoms with Gasteiger partial charge < -0.3 is 5.11 Å². The van der Waals surface area contributed by atoms with Gasteiger partial charge in [-0.05, 0) is 17.4 Å². The normalized spacial score (nSPS) is 9.79. The van der Waals surface area contributed by atoms with Gasteiger partial charge >= 0.3 is 0 Å². The summed E-state index contributed by atoms with van der Waals surface area (Å²) in [5.74, 6) is 5.77. The van der Waals surface area contributed by atoms with Gasteiger partial charge in [0.15, 0.2) is 0 Å². The fourth-order valence-electron chi connectivity index (χ4n) is 1.08. The van der Waals surface area contributed by atoms with Crippen LogP contribution in [0, 0.1) is 11.8 Å². The Morgan fingerprint density at radius 2 is 2.36 bits per heavy atom. The van der Waals surface area contributed by atoms with E-state index in [2.05, 4.69) is 21.8 Å². The molecule has 1 N–H and O–H groups in total. The molecule has 4 heteroatoms. The fourth-order valence-corrected chi connectivity index (χ4v) is 1.87. The first kappa shape index (κ1) is 9.13. The van der Waals surface area contributed by atoms with Crippen LogP contribution in [0.4, 0.5) is 0 Å². The van der Waals surface area contributed by atoms with E-state index in [1.54, 1.807) is 11.3 Å². The summed E-state index contributed by atoms with van der Waals surface area (Å²) in [7, 11) is 0. The Bertz CT molecular complexity index is 495. The minimum absolute atomic E-state index is 0.0890. The molecule has 0 aliphatic heterocycles. The van der Waals surface area contributed by atoms with Crippen LogP contribution in [0.15, 0.2) is 17.8 Å². The molecule has 0 atom stereocenters. The van der Waals surface area contributed by atoms with Crippen molar-refractivity contribution in [2.45, 2.75) is 6.42 Å². The van der Waals surface area contributed by atoms with Crippen LogP contribution < -0.4 is 0 Å². The standard InChI is InChI=1S/C10H8N2OS/c13-5-2-1-3-8-10-9(4-6-14-10)12-7-11-8/h4,6-7,13H,2,5H2. The first-order valence-electron chi connectivity index (χ1n) is 4.20. The molecule has 0 saturated heterocycles. The number of aromatic nitrogens is 2. The highest BCUT2D eigenvalue weighted by Gasteiger charge is 2.00. The number of aliphatic hydroxyl groups excluding tert-OH is 1. The van der Waals surface area contributed by atoms with E-state index in [1.807, 2.05) is 11.4 Å². The third-order valence-electron chi connectivity index (χ3n) is 1.69. The second-order valence-electron chi connectivity index (χ2n) is 2.63. The topological polar surface area (TPSA) is 46.0 Å². The molecule has 2 aromatic rings. The Morgan fingerprint density at radius 1 is 1.43 bits per heavy atom. The summed E-state index contributed by atoms with van der Waals surface area (Å²) >= 11 is 1.58. The molecule has 0 fully saturated rings. The van der Waals surface area contributed by atoms with Crippen molar-refractivity contribution in [2.75, 3.05) is 6.61 Å². The first-order chi connectivity index (χ1) is 6.92. The highest BCUT2D eigenvalue weighted by atomic mass is 32.1. The van der Waals surface area contributed by atoms with E-state index in [1.165, 1.54) is 6.33 Å². The molecule has 0 bridgehead atoms. The van der Waals surface area contributed by atoms with E-state index in [0.717, 1.165) is 15.9 Å². The van der Waals surface area contributed by atoms with Gasteiger partial charge in [0.05, 0.1) is 16.8 Å². The molecule has 0 unspecified atom stereocenters. The number of aliphatic hydroxyl groups is 1. The van der Waals surface area contributed by atoms with E-state index in [0.29, 0.717) is 6.42 Å². The van der Waals surface area contributed by atoms with Gasteiger partial charge in [0.25, 0.3) is 0 Å². The zero-order valence-electron chi connectivity index (χ0n) is 7.40. The number of fused-ring (bicyclic) bond motifs is 1. The number of hydrogen-bond donors (Lipinski definition) is 1. The van der Waals surface area contributed by atoms with E-state index in [-0.39, 0.29) is 6.61 Å². The van der Waals surface area contributed by atoms with Gasteiger partial charge in [-0.25, -0.2) is 9.97 Å². The number of hydrogen-bond acceptors (Lipinski definition) is 4. The Morgan fingerprint density at radius 3 is 3.21 bits per heavy atom. The Hall–Kier alpha value is -1.44. The predicted octanol–water partition coefficient (Wildman–Crippen LogP) is 1.43. The monoisotopic (exact) mass is 204 g/mol. The molecule has 0 aromatic carbocycles. The van der Waals surface area contributed by atoms with Crippen molar-refractivity contribution in [3.8, 4) is 11.8 Å². The summed E-state index contributed by atoms with van der Waals surface area (Å²) in [6.45, 7) is 0.0890. The number of thiophene rings is 1. The van der Waals surface area contributed by atoms with Crippen LogP contribution in [0.3, 0.4) is 0 Å². The molecule has 0 radical (unpaired) electrons. The van der Waals surface area contributed by atoms with Crippen molar-refractivity contribution < 1.29 is 5.11 Å². The van der Waals surface area contributed by atoms with Crippen molar-refractivity contribution >= 4 is 21.6 Å². The van der Waals surface area contributed by atoms with E-state index < -0.39 is 0 Å². The molecule has 2 heterocycles. The Balaban J connectivity index is 2.43. The summed E-state index contributed by atoms with van der Waals surface area (Å²) in [4.78, 5) is 8.21.